The Labute approximate surface area is 111 Å². The summed E-state index contributed by atoms with van der Waals surface area (Å²) in [4.78, 5) is 4.22. The summed E-state index contributed by atoms with van der Waals surface area (Å²) in [6, 6.07) is 6.54. The molecule has 1 heterocycles. The molecule has 0 saturated heterocycles. The van der Waals surface area contributed by atoms with E-state index in [-0.39, 0.29) is 38.1 Å². The molecule has 0 aromatic heterocycles. The second-order valence-corrected chi connectivity index (χ2v) is 4.54. The van der Waals surface area contributed by atoms with Crippen LogP contribution < -0.4 is 0 Å². The summed E-state index contributed by atoms with van der Waals surface area (Å²) >= 11 is 0. The van der Waals surface area contributed by atoms with Gasteiger partial charge in [-0.25, -0.2) is 0 Å². The summed E-state index contributed by atoms with van der Waals surface area (Å²) in [5.41, 5.74) is 3.96. The van der Waals surface area contributed by atoms with E-state index < -0.39 is 0 Å². The van der Waals surface area contributed by atoms with E-state index in [4.69, 9.17) is 0 Å². The van der Waals surface area contributed by atoms with E-state index in [0.29, 0.717) is 0 Å². The Kier molecular flexibility index (Phi) is 3.65. The first-order chi connectivity index (χ1) is 6.07. The molecule has 1 aliphatic heterocycles. The summed E-state index contributed by atoms with van der Waals surface area (Å²) in [5, 5.41) is 0. The van der Waals surface area contributed by atoms with E-state index in [1.54, 1.807) is 0 Å². The summed E-state index contributed by atoms with van der Waals surface area (Å²) < 4.78 is 0. The normalized spacial score (nSPS) is 13.6. The van der Waals surface area contributed by atoms with Crippen LogP contribution in [0.5, 0.6) is 0 Å². The molecule has 1 nitrogen and oxygen atoms in total. The van der Waals surface area contributed by atoms with Crippen LogP contribution in [0.15, 0.2) is 23.2 Å². The smallest absolute Gasteiger partial charge is 0 e. The topological polar surface area (TPSA) is 12.4 Å². The molecule has 0 N–H and O–H groups in total. The number of aliphatic imine (C=N–C) groups is 1. The Hall–Kier alpha value is -0.00610. The molecule has 1 aromatic rings. The minimum atomic E-state index is 0. The second kappa shape index (κ2) is 4.24. The Morgan fingerprint density at radius 1 is 1.29 bits per heavy atom. The molecule has 0 amide bonds. The molecule has 71 valence electrons. The molecule has 1 aromatic carbocycles. The van der Waals surface area contributed by atoms with E-state index >= 15 is 0 Å². The molecule has 0 atom stereocenters. The predicted molar refractivity (Wildman–Crippen MR) is 55.9 cm³/mol. The van der Waals surface area contributed by atoms with Crippen LogP contribution in [0.1, 0.15) is 31.9 Å². The zero-order valence-corrected chi connectivity index (χ0v) is 11.8. The quantitative estimate of drug-likeness (QED) is 0.636. The van der Waals surface area contributed by atoms with Gasteiger partial charge in [0.05, 0.1) is 0 Å². The third-order valence-electron chi connectivity index (χ3n) is 2.42. The molecule has 14 heavy (non-hydrogen) atoms. The Morgan fingerprint density at radius 2 is 2.00 bits per heavy atom. The van der Waals surface area contributed by atoms with Crippen LogP contribution in [-0.2, 0) is 44.5 Å². The van der Waals surface area contributed by atoms with Crippen LogP contribution in [0.4, 0.5) is 5.69 Å². The van der Waals surface area contributed by atoms with Gasteiger partial charge in [-0.15, -0.1) is 11.6 Å². The first kappa shape index (κ1) is 12.1. The second-order valence-electron chi connectivity index (χ2n) is 4.54. The van der Waals surface area contributed by atoms with Crippen LogP contribution in [0.25, 0.3) is 0 Å². The van der Waals surface area contributed by atoms with Gasteiger partial charge in [-0.3, -0.25) is 0 Å². The molecule has 2 heteroatoms. The van der Waals surface area contributed by atoms with Crippen molar-refractivity contribution in [2.45, 2.75) is 32.6 Å². The Balaban J connectivity index is 0.000000980. The first-order valence-corrected chi connectivity index (χ1v) is 4.64. The van der Waals surface area contributed by atoms with Gasteiger partial charge in [0.2, 0.25) is 0 Å². The maximum Gasteiger partial charge on any atom is 0 e. The average molecular weight is 261 g/mol. The Morgan fingerprint density at radius 3 is 2.64 bits per heavy atom. The van der Waals surface area contributed by atoms with Crippen LogP contribution in [-0.4, -0.2) is 6.21 Å². The van der Waals surface area contributed by atoms with Gasteiger partial charge in [0.15, 0.2) is 0 Å². The minimum Gasteiger partial charge on any atom is -0.456 e. The van der Waals surface area contributed by atoms with Gasteiger partial charge in [0, 0.05) is 32.7 Å². The van der Waals surface area contributed by atoms with Crippen LogP contribution in [0.2, 0.25) is 0 Å². The van der Waals surface area contributed by atoms with E-state index in [9.17, 15) is 0 Å². The molecule has 2 rings (SSSR count). The first-order valence-electron chi connectivity index (χ1n) is 4.64. The molecule has 1 aliphatic rings. The molecule has 1 radical (unpaired) electrons. The molecule has 0 spiro atoms. The van der Waals surface area contributed by atoms with Crippen molar-refractivity contribution < 1.29 is 32.7 Å². The standard InChI is InChI=1S/C12H14N.Y/c1-12(2,3)10-5-4-9-6-7-13-11(9)8-10;/h4-5,8H,6H2,1-3H3;/q-1;. The van der Waals surface area contributed by atoms with Crippen LogP contribution in [0.3, 0.4) is 0 Å². The van der Waals surface area contributed by atoms with Crippen molar-refractivity contribution in [3.05, 3.63) is 29.3 Å². The fourth-order valence-corrected chi connectivity index (χ4v) is 1.49. The number of nitrogens with zero attached hydrogens (tertiary/aromatic N) is 1. The van der Waals surface area contributed by atoms with E-state index in [1.165, 1.54) is 11.1 Å². The SMILES string of the molecule is CC(C)(C)c1ccc2c(c1)N=[C-]C2.[Y]. The minimum absolute atomic E-state index is 0. The third-order valence-corrected chi connectivity index (χ3v) is 2.42. The molecule has 0 bridgehead atoms. The fraction of sp³-hybridized carbons (Fsp3) is 0.417. The zero-order chi connectivity index (χ0) is 9.47. The maximum atomic E-state index is 4.22. The third kappa shape index (κ3) is 2.32. The number of benzene rings is 1. The van der Waals surface area contributed by atoms with Crippen LogP contribution >= 0.6 is 0 Å². The van der Waals surface area contributed by atoms with Crippen molar-refractivity contribution in [1.29, 1.82) is 0 Å². The summed E-state index contributed by atoms with van der Waals surface area (Å²) in [6.07, 6.45) is 3.87. The van der Waals surface area contributed by atoms with Gasteiger partial charge in [-0.2, -0.15) is 6.21 Å². The Bertz CT molecular complexity index is 361. The molecule has 0 unspecified atom stereocenters. The fourth-order valence-electron chi connectivity index (χ4n) is 1.49. The number of fused-ring (bicyclic) bond motifs is 1. The molecular weight excluding hydrogens is 247 g/mol. The van der Waals surface area contributed by atoms with Crippen molar-refractivity contribution >= 4 is 11.9 Å². The van der Waals surface area contributed by atoms with Crippen LogP contribution in [0, 0.1) is 0 Å². The number of hydrogen-bond donors (Lipinski definition) is 0. The average Bonchev–Trinajstić information content (AvgIpc) is 2.47. The molecule has 0 saturated carbocycles. The van der Waals surface area contributed by atoms with Gasteiger partial charge in [-0.05, 0) is 5.41 Å². The van der Waals surface area contributed by atoms with E-state index in [1.807, 2.05) is 0 Å². The van der Waals surface area contributed by atoms with Gasteiger partial charge in [-0.1, -0.05) is 50.6 Å². The zero-order valence-electron chi connectivity index (χ0n) is 8.96. The predicted octanol–water partition coefficient (Wildman–Crippen LogP) is 3.12. The van der Waals surface area contributed by atoms with Crippen molar-refractivity contribution in [2.75, 3.05) is 0 Å². The van der Waals surface area contributed by atoms with Crippen molar-refractivity contribution in [3.8, 4) is 0 Å². The van der Waals surface area contributed by atoms with Crippen molar-refractivity contribution in [3.63, 3.8) is 0 Å². The maximum absolute atomic E-state index is 4.22. The van der Waals surface area contributed by atoms with Crippen molar-refractivity contribution in [1.82, 2.24) is 0 Å². The monoisotopic (exact) mass is 261 g/mol. The molecule has 0 aliphatic carbocycles. The van der Waals surface area contributed by atoms with Gasteiger partial charge < -0.3 is 4.99 Å². The summed E-state index contributed by atoms with van der Waals surface area (Å²) in [7, 11) is 0. The van der Waals surface area contributed by atoms with Gasteiger partial charge in [0.25, 0.3) is 0 Å². The number of hydrogen-bond acceptors (Lipinski definition) is 1. The molecular formula is C12H14NY-. The summed E-state index contributed by atoms with van der Waals surface area (Å²) in [5.74, 6) is 0. The van der Waals surface area contributed by atoms with E-state index in [2.05, 4.69) is 50.2 Å². The summed E-state index contributed by atoms with van der Waals surface area (Å²) in [6.45, 7) is 6.66. The van der Waals surface area contributed by atoms with Gasteiger partial charge in [0.1, 0.15) is 0 Å². The van der Waals surface area contributed by atoms with Gasteiger partial charge >= 0.3 is 0 Å². The van der Waals surface area contributed by atoms with E-state index in [0.717, 1.165) is 12.1 Å². The number of rotatable bonds is 0. The van der Waals surface area contributed by atoms with Crippen molar-refractivity contribution in [2.24, 2.45) is 4.99 Å². The molecule has 0 fully saturated rings. The largest absolute Gasteiger partial charge is 0.456 e.